The van der Waals surface area contributed by atoms with Crippen LogP contribution >= 0.6 is 27.3 Å². The van der Waals surface area contributed by atoms with Crippen molar-refractivity contribution >= 4 is 33.2 Å². The molecule has 82 valence electrons. The van der Waals surface area contributed by atoms with Crippen molar-refractivity contribution in [1.82, 2.24) is 10.3 Å². The molecule has 0 spiro atoms. The highest BCUT2D eigenvalue weighted by Gasteiger charge is 2.09. The molecule has 0 atom stereocenters. The van der Waals surface area contributed by atoms with Crippen LogP contribution in [-0.4, -0.2) is 10.9 Å². The lowest BCUT2D eigenvalue weighted by Crippen LogP contribution is -2.22. The van der Waals surface area contributed by atoms with Crippen LogP contribution in [0.1, 0.15) is 15.2 Å². The molecule has 2 heterocycles. The fourth-order valence-corrected chi connectivity index (χ4v) is 2.31. The summed E-state index contributed by atoms with van der Waals surface area (Å²) in [4.78, 5) is 16.9. The van der Waals surface area contributed by atoms with E-state index >= 15 is 0 Å². The van der Waals surface area contributed by atoms with Gasteiger partial charge in [0.2, 0.25) is 0 Å². The second kappa shape index (κ2) is 5.23. The fourth-order valence-electron chi connectivity index (χ4n) is 1.23. The maximum Gasteiger partial charge on any atom is 0.254 e. The van der Waals surface area contributed by atoms with E-state index in [2.05, 4.69) is 26.2 Å². The molecule has 1 N–H and O–H groups in total. The number of aromatic nitrogens is 1. The number of rotatable bonds is 3. The van der Waals surface area contributed by atoms with Gasteiger partial charge in [0.25, 0.3) is 5.91 Å². The Morgan fingerprint density at radius 3 is 3.00 bits per heavy atom. The zero-order valence-electron chi connectivity index (χ0n) is 8.31. The first-order valence-electron chi connectivity index (χ1n) is 4.68. The van der Waals surface area contributed by atoms with Crippen LogP contribution in [0.3, 0.4) is 0 Å². The monoisotopic (exact) mass is 296 g/mol. The van der Waals surface area contributed by atoms with Crippen molar-refractivity contribution in [3.63, 3.8) is 0 Å². The molecule has 0 aromatic carbocycles. The van der Waals surface area contributed by atoms with Crippen LogP contribution in [-0.2, 0) is 6.54 Å². The van der Waals surface area contributed by atoms with E-state index in [1.807, 2.05) is 17.5 Å². The molecule has 2 rings (SSSR count). The average Bonchev–Trinajstić information content (AvgIpc) is 2.79. The number of hydrogen-bond donors (Lipinski definition) is 1. The zero-order chi connectivity index (χ0) is 11.4. The van der Waals surface area contributed by atoms with Gasteiger partial charge in [0.1, 0.15) is 4.60 Å². The highest BCUT2D eigenvalue weighted by Crippen LogP contribution is 2.13. The molecule has 2 aromatic heterocycles. The predicted octanol–water partition coefficient (Wildman–Crippen LogP) is 2.84. The molecule has 0 radical (unpaired) electrons. The number of hydrogen-bond acceptors (Lipinski definition) is 3. The zero-order valence-corrected chi connectivity index (χ0v) is 10.7. The molecule has 16 heavy (non-hydrogen) atoms. The smallest absolute Gasteiger partial charge is 0.254 e. The van der Waals surface area contributed by atoms with Gasteiger partial charge in [-0.05, 0) is 39.5 Å². The molecule has 2 aromatic rings. The Morgan fingerprint density at radius 2 is 2.31 bits per heavy atom. The lowest BCUT2D eigenvalue weighted by atomic mass is 10.2. The van der Waals surface area contributed by atoms with Crippen LogP contribution in [0, 0.1) is 0 Å². The van der Waals surface area contributed by atoms with E-state index in [1.54, 1.807) is 29.7 Å². The van der Waals surface area contributed by atoms with Gasteiger partial charge in [-0.2, -0.15) is 0 Å². The summed E-state index contributed by atoms with van der Waals surface area (Å²) in [6.07, 6.45) is 1.64. The molecule has 0 aliphatic rings. The molecule has 0 aliphatic carbocycles. The van der Waals surface area contributed by atoms with Gasteiger partial charge in [0, 0.05) is 11.1 Å². The Labute approximate surface area is 106 Å². The Hall–Kier alpha value is -1.20. The van der Waals surface area contributed by atoms with E-state index in [1.165, 1.54) is 0 Å². The first-order chi connectivity index (χ1) is 7.77. The van der Waals surface area contributed by atoms with Crippen molar-refractivity contribution in [1.29, 1.82) is 0 Å². The molecule has 0 aliphatic heterocycles. The minimum Gasteiger partial charge on any atom is -0.347 e. The van der Waals surface area contributed by atoms with Gasteiger partial charge < -0.3 is 5.32 Å². The molecule has 0 saturated carbocycles. The average molecular weight is 297 g/mol. The number of thiophene rings is 1. The SMILES string of the molecule is O=C(NCc1cccs1)c1cccnc1Br. The number of nitrogens with one attached hydrogen (secondary N) is 1. The number of carbonyl (C=O) groups is 1. The summed E-state index contributed by atoms with van der Waals surface area (Å²) >= 11 is 4.87. The Balaban J connectivity index is 2.01. The first-order valence-corrected chi connectivity index (χ1v) is 6.36. The number of amides is 1. The standard InChI is InChI=1S/C11H9BrN2OS/c12-10-9(4-1-5-13-10)11(15)14-7-8-3-2-6-16-8/h1-6H,7H2,(H,14,15). The molecular formula is C11H9BrN2OS. The Kier molecular flexibility index (Phi) is 3.69. The number of pyridine rings is 1. The summed E-state index contributed by atoms with van der Waals surface area (Å²) in [7, 11) is 0. The minimum atomic E-state index is -0.117. The molecule has 0 fully saturated rings. The molecule has 1 amide bonds. The number of nitrogens with zero attached hydrogens (tertiary/aromatic N) is 1. The van der Waals surface area contributed by atoms with Crippen molar-refractivity contribution in [2.24, 2.45) is 0 Å². The maximum atomic E-state index is 11.8. The van der Waals surface area contributed by atoms with Crippen molar-refractivity contribution in [2.75, 3.05) is 0 Å². The summed E-state index contributed by atoms with van der Waals surface area (Å²) in [5.41, 5.74) is 0.555. The first kappa shape index (κ1) is 11.3. The molecule has 5 heteroatoms. The van der Waals surface area contributed by atoms with Gasteiger partial charge in [-0.1, -0.05) is 6.07 Å². The highest BCUT2D eigenvalue weighted by atomic mass is 79.9. The lowest BCUT2D eigenvalue weighted by molar-refractivity contribution is 0.0950. The van der Waals surface area contributed by atoms with E-state index in [-0.39, 0.29) is 5.91 Å². The Morgan fingerprint density at radius 1 is 1.44 bits per heavy atom. The topological polar surface area (TPSA) is 42.0 Å². The van der Waals surface area contributed by atoms with Crippen LogP contribution in [0.25, 0.3) is 0 Å². The normalized spacial score (nSPS) is 10.1. The summed E-state index contributed by atoms with van der Waals surface area (Å²) in [6, 6.07) is 7.43. The van der Waals surface area contributed by atoms with Gasteiger partial charge in [0.05, 0.1) is 12.1 Å². The minimum absolute atomic E-state index is 0.117. The third kappa shape index (κ3) is 2.68. The quantitative estimate of drug-likeness (QED) is 0.885. The van der Waals surface area contributed by atoms with Crippen molar-refractivity contribution in [2.45, 2.75) is 6.54 Å². The highest BCUT2D eigenvalue weighted by molar-refractivity contribution is 9.10. The van der Waals surface area contributed by atoms with Crippen LogP contribution in [0.15, 0.2) is 40.4 Å². The van der Waals surface area contributed by atoms with E-state index in [4.69, 9.17) is 0 Å². The van der Waals surface area contributed by atoms with Crippen LogP contribution in [0.4, 0.5) is 0 Å². The number of carbonyl (C=O) groups excluding carboxylic acids is 1. The Bertz CT molecular complexity index is 484. The largest absolute Gasteiger partial charge is 0.347 e. The third-order valence-electron chi connectivity index (χ3n) is 2.01. The van der Waals surface area contributed by atoms with Crippen molar-refractivity contribution < 1.29 is 4.79 Å². The lowest BCUT2D eigenvalue weighted by Gasteiger charge is -2.04. The third-order valence-corrected chi connectivity index (χ3v) is 3.52. The van der Waals surface area contributed by atoms with Gasteiger partial charge in [-0.3, -0.25) is 4.79 Å². The van der Waals surface area contributed by atoms with Crippen molar-refractivity contribution in [3.8, 4) is 0 Å². The van der Waals surface area contributed by atoms with Gasteiger partial charge in [-0.15, -0.1) is 11.3 Å². The van der Waals surface area contributed by atoms with Gasteiger partial charge >= 0.3 is 0 Å². The molecule has 0 unspecified atom stereocenters. The summed E-state index contributed by atoms with van der Waals surface area (Å²) in [5, 5.41) is 4.83. The van der Waals surface area contributed by atoms with Gasteiger partial charge in [-0.25, -0.2) is 4.98 Å². The van der Waals surface area contributed by atoms with E-state index in [0.29, 0.717) is 16.7 Å². The summed E-state index contributed by atoms with van der Waals surface area (Å²) in [5.74, 6) is -0.117. The molecule has 3 nitrogen and oxygen atoms in total. The molecular weight excluding hydrogens is 288 g/mol. The number of halogens is 1. The summed E-state index contributed by atoms with van der Waals surface area (Å²) < 4.78 is 0.568. The van der Waals surface area contributed by atoms with Crippen LogP contribution < -0.4 is 5.32 Å². The maximum absolute atomic E-state index is 11.8. The van der Waals surface area contributed by atoms with E-state index in [0.717, 1.165) is 4.88 Å². The second-order valence-corrected chi connectivity index (χ2v) is 4.89. The molecule has 0 bridgehead atoms. The second-order valence-electron chi connectivity index (χ2n) is 3.10. The fraction of sp³-hybridized carbons (Fsp3) is 0.0909. The van der Waals surface area contributed by atoms with Crippen molar-refractivity contribution in [3.05, 3.63) is 50.9 Å². The predicted molar refractivity (Wildman–Crippen MR) is 67.4 cm³/mol. The van der Waals surface area contributed by atoms with E-state index in [9.17, 15) is 4.79 Å². The van der Waals surface area contributed by atoms with Crippen LogP contribution in [0.5, 0.6) is 0 Å². The van der Waals surface area contributed by atoms with Gasteiger partial charge in [0.15, 0.2) is 0 Å². The van der Waals surface area contributed by atoms with Crippen LogP contribution in [0.2, 0.25) is 0 Å². The molecule has 0 saturated heterocycles. The summed E-state index contributed by atoms with van der Waals surface area (Å²) in [6.45, 7) is 0.553. The van der Waals surface area contributed by atoms with E-state index < -0.39 is 0 Å².